The molecule has 4 nitrogen and oxygen atoms in total. The number of para-hydroxylation sites is 1. The molecule has 3 rings (SSSR count). The smallest absolute Gasteiger partial charge is 0.273 e. The maximum absolute atomic E-state index is 11.7. The number of amides is 1. The first kappa shape index (κ1) is 14.3. The van der Waals surface area contributed by atoms with Crippen molar-refractivity contribution in [1.29, 1.82) is 0 Å². The van der Waals surface area contributed by atoms with Gasteiger partial charge in [-0.25, -0.2) is 0 Å². The minimum atomic E-state index is -0.233. The van der Waals surface area contributed by atoms with E-state index in [0.717, 1.165) is 11.1 Å². The van der Waals surface area contributed by atoms with Crippen molar-refractivity contribution < 1.29 is 9.53 Å². The summed E-state index contributed by atoms with van der Waals surface area (Å²) < 4.78 is 5.86. The number of hydrogen-bond acceptors (Lipinski definition) is 3. The molecular formula is C17H14N2O2S. The van der Waals surface area contributed by atoms with Crippen LogP contribution in [-0.4, -0.2) is 11.0 Å². The zero-order valence-electron chi connectivity index (χ0n) is 11.7. The summed E-state index contributed by atoms with van der Waals surface area (Å²) in [5.41, 5.74) is 2.32. The molecule has 0 unspecified atom stereocenters. The molecule has 110 valence electrons. The second-order valence-corrected chi connectivity index (χ2v) is 5.19. The van der Waals surface area contributed by atoms with Gasteiger partial charge in [-0.05, 0) is 29.9 Å². The predicted octanol–water partition coefficient (Wildman–Crippen LogP) is 2.61. The van der Waals surface area contributed by atoms with Gasteiger partial charge in [-0.1, -0.05) is 48.5 Å². The number of ether oxygens (including phenoxy) is 1. The van der Waals surface area contributed by atoms with E-state index in [-0.39, 0.29) is 5.91 Å². The number of nitrogens with one attached hydrogen (secondary N) is 2. The molecule has 1 aliphatic heterocycles. The number of hydrogen-bond donors (Lipinski definition) is 2. The van der Waals surface area contributed by atoms with Crippen molar-refractivity contribution in [2.75, 3.05) is 0 Å². The van der Waals surface area contributed by atoms with Crippen molar-refractivity contribution in [1.82, 2.24) is 10.6 Å². The Labute approximate surface area is 133 Å². The number of carbonyl (C=O) groups is 1. The van der Waals surface area contributed by atoms with Gasteiger partial charge in [-0.15, -0.1) is 0 Å². The molecule has 1 saturated heterocycles. The molecule has 0 atom stereocenters. The summed E-state index contributed by atoms with van der Waals surface area (Å²) in [7, 11) is 0. The molecule has 0 aromatic heterocycles. The Bertz CT molecular complexity index is 741. The van der Waals surface area contributed by atoms with Crippen molar-refractivity contribution in [3.05, 3.63) is 71.4 Å². The van der Waals surface area contributed by atoms with Crippen LogP contribution in [0.2, 0.25) is 0 Å². The lowest BCUT2D eigenvalue weighted by molar-refractivity contribution is -0.115. The minimum absolute atomic E-state index is 0.233. The van der Waals surface area contributed by atoms with Gasteiger partial charge >= 0.3 is 0 Å². The minimum Gasteiger partial charge on any atom is -0.488 e. The van der Waals surface area contributed by atoms with E-state index in [1.165, 1.54) is 0 Å². The highest BCUT2D eigenvalue weighted by Gasteiger charge is 2.20. The van der Waals surface area contributed by atoms with E-state index in [1.54, 1.807) is 6.08 Å². The van der Waals surface area contributed by atoms with Crippen molar-refractivity contribution in [2.24, 2.45) is 0 Å². The van der Waals surface area contributed by atoms with Crippen LogP contribution in [0.1, 0.15) is 11.1 Å². The predicted molar refractivity (Wildman–Crippen MR) is 89.1 cm³/mol. The number of carbonyl (C=O) groups excluding carboxylic acids is 1. The fourth-order valence-corrected chi connectivity index (χ4v) is 2.31. The van der Waals surface area contributed by atoms with E-state index in [0.29, 0.717) is 23.2 Å². The largest absolute Gasteiger partial charge is 0.488 e. The van der Waals surface area contributed by atoms with E-state index in [1.807, 2.05) is 54.6 Å². The van der Waals surface area contributed by atoms with Gasteiger partial charge in [0.25, 0.3) is 5.91 Å². The summed E-state index contributed by atoms with van der Waals surface area (Å²) in [6.45, 7) is 0.471. The molecule has 5 heteroatoms. The summed E-state index contributed by atoms with van der Waals surface area (Å²) in [6, 6.07) is 17.5. The molecule has 0 radical (unpaired) electrons. The average molecular weight is 310 g/mol. The summed E-state index contributed by atoms with van der Waals surface area (Å²) in [5.74, 6) is 0.481. The standard InChI is InChI=1S/C17H14N2O2S/c20-16-14(18-17(22)19-16)10-13-8-4-5-9-15(13)21-11-12-6-2-1-3-7-12/h1-10H,11H2,(H2,18,19,20,22)/b14-10+. The van der Waals surface area contributed by atoms with Crippen LogP contribution in [0, 0.1) is 0 Å². The van der Waals surface area contributed by atoms with Gasteiger partial charge in [0.15, 0.2) is 5.11 Å². The Morgan fingerprint density at radius 3 is 2.45 bits per heavy atom. The topological polar surface area (TPSA) is 50.4 Å². The van der Waals surface area contributed by atoms with E-state index >= 15 is 0 Å². The second kappa shape index (κ2) is 6.41. The fourth-order valence-electron chi connectivity index (χ4n) is 2.10. The molecule has 2 N–H and O–H groups in total. The Morgan fingerprint density at radius 1 is 1.00 bits per heavy atom. The third-order valence-electron chi connectivity index (χ3n) is 3.18. The van der Waals surface area contributed by atoms with Crippen LogP contribution in [-0.2, 0) is 11.4 Å². The molecule has 1 fully saturated rings. The lowest BCUT2D eigenvalue weighted by atomic mass is 10.1. The molecule has 0 saturated carbocycles. The normalized spacial score (nSPS) is 15.5. The molecular weight excluding hydrogens is 296 g/mol. The third kappa shape index (κ3) is 3.32. The van der Waals surface area contributed by atoms with Gasteiger partial charge in [-0.2, -0.15) is 0 Å². The summed E-state index contributed by atoms with van der Waals surface area (Å²) in [5, 5.41) is 5.68. The summed E-state index contributed by atoms with van der Waals surface area (Å²) in [6.07, 6.45) is 1.73. The number of benzene rings is 2. The molecule has 2 aromatic rings. The Morgan fingerprint density at radius 2 is 1.73 bits per heavy atom. The monoisotopic (exact) mass is 310 g/mol. The highest BCUT2D eigenvalue weighted by molar-refractivity contribution is 7.80. The van der Waals surface area contributed by atoms with Crippen molar-refractivity contribution in [2.45, 2.75) is 6.61 Å². The Balaban J connectivity index is 1.80. The molecule has 0 bridgehead atoms. The van der Waals surface area contributed by atoms with Crippen LogP contribution >= 0.6 is 12.2 Å². The SMILES string of the molecule is O=C1NC(=S)N/C1=C/c1ccccc1OCc1ccccc1. The molecule has 1 aliphatic rings. The van der Waals surface area contributed by atoms with Gasteiger partial charge in [0.05, 0.1) is 0 Å². The summed E-state index contributed by atoms with van der Waals surface area (Å²) >= 11 is 4.92. The molecule has 2 aromatic carbocycles. The van der Waals surface area contributed by atoms with Gasteiger partial charge in [0, 0.05) is 5.56 Å². The van der Waals surface area contributed by atoms with E-state index < -0.39 is 0 Å². The molecule has 22 heavy (non-hydrogen) atoms. The average Bonchev–Trinajstić information content (AvgIpc) is 2.85. The second-order valence-electron chi connectivity index (χ2n) is 4.78. The van der Waals surface area contributed by atoms with Gasteiger partial charge in [0.1, 0.15) is 18.1 Å². The first-order valence-electron chi connectivity index (χ1n) is 6.82. The van der Waals surface area contributed by atoms with E-state index in [9.17, 15) is 4.79 Å². The van der Waals surface area contributed by atoms with Crippen LogP contribution in [0.5, 0.6) is 5.75 Å². The van der Waals surface area contributed by atoms with Gasteiger partial charge < -0.3 is 10.1 Å². The van der Waals surface area contributed by atoms with E-state index in [2.05, 4.69) is 10.6 Å². The lowest BCUT2D eigenvalue weighted by Crippen LogP contribution is -2.21. The molecule has 1 heterocycles. The van der Waals surface area contributed by atoms with Crippen LogP contribution in [0.25, 0.3) is 6.08 Å². The Hall–Kier alpha value is -2.66. The zero-order chi connectivity index (χ0) is 15.4. The van der Waals surface area contributed by atoms with Gasteiger partial charge in [0.2, 0.25) is 0 Å². The highest BCUT2D eigenvalue weighted by atomic mass is 32.1. The first-order valence-corrected chi connectivity index (χ1v) is 7.23. The van der Waals surface area contributed by atoms with Crippen molar-refractivity contribution in [3.63, 3.8) is 0 Å². The van der Waals surface area contributed by atoms with E-state index in [4.69, 9.17) is 17.0 Å². The molecule has 0 aliphatic carbocycles. The maximum Gasteiger partial charge on any atom is 0.273 e. The van der Waals surface area contributed by atoms with Crippen LogP contribution in [0.4, 0.5) is 0 Å². The fraction of sp³-hybridized carbons (Fsp3) is 0.0588. The first-order chi connectivity index (χ1) is 10.7. The quantitative estimate of drug-likeness (QED) is 0.673. The molecule has 0 spiro atoms. The van der Waals surface area contributed by atoms with Crippen molar-refractivity contribution >= 4 is 29.3 Å². The Kier molecular flexibility index (Phi) is 4.16. The number of thiocarbonyl (C=S) groups is 1. The third-order valence-corrected chi connectivity index (χ3v) is 3.38. The van der Waals surface area contributed by atoms with Gasteiger partial charge in [-0.3, -0.25) is 10.1 Å². The number of rotatable bonds is 4. The summed E-state index contributed by atoms with van der Waals surface area (Å²) in [4.78, 5) is 11.7. The highest BCUT2D eigenvalue weighted by Crippen LogP contribution is 2.22. The van der Waals surface area contributed by atoms with Crippen LogP contribution < -0.4 is 15.4 Å². The molecule has 1 amide bonds. The maximum atomic E-state index is 11.7. The van der Waals surface area contributed by atoms with Crippen LogP contribution in [0.15, 0.2) is 60.3 Å². The lowest BCUT2D eigenvalue weighted by Gasteiger charge is -2.09. The zero-order valence-corrected chi connectivity index (χ0v) is 12.5. The van der Waals surface area contributed by atoms with Crippen molar-refractivity contribution in [3.8, 4) is 5.75 Å². The van der Waals surface area contributed by atoms with Crippen LogP contribution in [0.3, 0.4) is 0 Å².